The largest absolute Gasteiger partial charge is 0.377 e. The Labute approximate surface area is 157 Å². The molecule has 3 aromatic rings. The fourth-order valence-electron chi connectivity index (χ4n) is 3.43. The molecule has 8 heteroatoms. The number of amides is 1. The Bertz CT molecular complexity index is 918. The molecule has 2 N–H and O–H groups in total. The van der Waals surface area contributed by atoms with Gasteiger partial charge in [0.15, 0.2) is 5.82 Å². The number of nitrogens with zero attached hydrogens (tertiary/aromatic N) is 4. The molecule has 2 aromatic heterocycles. The van der Waals surface area contributed by atoms with Crippen LogP contribution < -0.4 is 5.32 Å². The van der Waals surface area contributed by atoms with E-state index in [0.717, 1.165) is 48.8 Å². The first kappa shape index (κ1) is 17.4. The van der Waals surface area contributed by atoms with E-state index in [1.54, 1.807) is 19.5 Å². The quantitative estimate of drug-likeness (QED) is 0.719. The predicted octanol–water partition coefficient (Wildman–Crippen LogP) is 1.95. The van der Waals surface area contributed by atoms with Crippen molar-refractivity contribution in [2.75, 3.05) is 7.11 Å². The Morgan fingerprint density at radius 1 is 1.37 bits per heavy atom. The number of carbonyl (C=O) groups excluding carboxylic acids is 1. The number of hydrogen-bond acceptors (Lipinski definition) is 5. The SMILES string of the molecule is COCc1nnc2n1CCC(NC(=O)c1cccc(-c3ncc[nH]3)c1)CC2. The summed E-state index contributed by atoms with van der Waals surface area (Å²) in [4.78, 5) is 20.0. The maximum atomic E-state index is 12.7. The van der Waals surface area contributed by atoms with Gasteiger partial charge in [-0.05, 0) is 25.0 Å². The second kappa shape index (κ2) is 7.71. The summed E-state index contributed by atoms with van der Waals surface area (Å²) in [5.41, 5.74) is 1.52. The minimum absolute atomic E-state index is 0.0665. The third kappa shape index (κ3) is 3.75. The molecule has 1 aromatic carbocycles. The number of aryl methyl sites for hydroxylation is 1. The van der Waals surface area contributed by atoms with Crippen molar-refractivity contribution in [1.29, 1.82) is 0 Å². The average Bonchev–Trinajstić information content (AvgIpc) is 3.31. The molecular weight excluding hydrogens is 344 g/mol. The van der Waals surface area contributed by atoms with E-state index in [1.807, 2.05) is 24.3 Å². The number of imidazole rings is 1. The standard InChI is InChI=1S/C19H22N6O2/c1-27-12-17-24-23-16-6-5-15(7-10-25(16)17)22-19(26)14-4-2-3-13(11-14)18-20-8-9-21-18/h2-4,8-9,11,15H,5-7,10,12H2,1H3,(H,20,21)(H,22,26). The summed E-state index contributed by atoms with van der Waals surface area (Å²) in [5.74, 6) is 2.48. The van der Waals surface area contributed by atoms with Crippen molar-refractivity contribution in [3.63, 3.8) is 0 Å². The fourth-order valence-corrected chi connectivity index (χ4v) is 3.43. The van der Waals surface area contributed by atoms with Crippen LogP contribution in [-0.4, -0.2) is 43.8 Å². The molecule has 0 radical (unpaired) electrons. The number of carbonyl (C=O) groups is 1. The summed E-state index contributed by atoms with van der Waals surface area (Å²) in [6.45, 7) is 1.22. The van der Waals surface area contributed by atoms with Crippen LogP contribution in [0.3, 0.4) is 0 Å². The first-order valence-electron chi connectivity index (χ1n) is 9.05. The summed E-state index contributed by atoms with van der Waals surface area (Å²) in [6, 6.07) is 7.59. The lowest BCUT2D eigenvalue weighted by molar-refractivity contribution is 0.0932. The number of aromatic nitrogens is 5. The van der Waals surface area contributed by atoms with Crippen LogP contribution in [0.1, 0.15) is 34.8 Å². The molecule has 8 nitrogen and oxygen atoms in total. The number of nitrogens with one attached hydrogen (secondary N) is 2. The van der Waals surface area contributed by atoms with Gasteiger partial charge in [0, 0.05) is 49.6 Å². The number of H-pyrrole nitrogens is 1. The second-order valence-corrected chi connectivity index (χ2v) is 6.63. The molecule has 140 valence electrons. The minimum Gasteiger partial charge on any atom is -0.377 e. The van der Waals surface area contributed by atoms with Gasteiger partial charge in [-0.1, -0.05) is 12.1 Å². The second-order valence-electron chi connectivity index (χ2n) is 6.63. The number of ether oxygens (including phenoxy) is 1. The Hall–Kier alpha value is -3.00. The lowest BCUT2D eigenvalue weighted by atomic mass is 10.1. The number of benzene rings is 1. The molecule has 4 rings (SSSR count). The summed E-state index contributed by atoms with van der Waals surface area (Å²) < 4.78 is 7.29. The molecule has 1 amide bonds. The molecule has 1 unspecified atom stereocenters. The Kier molecular flexibility index (Phi) is 4.97. The summed E-state index contributed by atoms with van der Waals surface area (Å²) in [5, 5.41) is 11.6. The van der Waals surface area contributed by atoms with Crippen molar-refractivity contribution in [2.24, 2.45) is 0 Å². The lowest BCUT2D eigenvalue weighted by Gasteiger charge is -2.16. The number of hydrogen-bond donors (Lipinski definition) is 2. The van der Waals surface area contributed by atoms with E-state index in [2.05, 4.69) is 30.0 Å². The van der Waals surface area contributed by atoms with Crippen LogP contribution in [0.15, 0.2) is 36.7 Å². The van der Waals surface area contributed by atoms with Crippen LogP contribution in [0.4, 0.5) is 0 Å². The topological polar surface area (TPSA) is 97.7 Å². The maximum absolute atomic E-state index is 12.7. The zero-order chi connectivity index (χ0) is 18.6. The number of fused-ring (bicyclic) bond motifs is 1. The van der Waals surface area contributed by atoms with E-state index < -0.39 is 0 Å². The Morgan fingerprint density at radius 3 is 3.11 bits per heavy atom. The van der Waals surface area contributed by atoms with E-state index in [4.69, 9.17) is 4.74 Å². The van der Waals surface area contributed by atoms with Crippen molar-refractivity contribution in [2.45, 2.75) is 38.5 Å². The number of methoxy groups -OCH3 is 1. The predicted molar refractivity (Wildman–Crippen MR) is 99.0 cm³/mol. The van der Waals surface area contributed by atoms with Gasteiger partial charge in [-0.3, -0.25) is 4.79 Å². The van der Waals surface area contributed by atoms with Crippen LogP contribution in [-0.2, 0) is 24.3 Å². The van der Waals surface area contributed by atoms with Gasteiger partial charge < -0.3 is 19.6 Å². The lowest BCUT2D eigenvalue weighted by Crippen LogP contribution is -2.35. The molecule has 27 heavy (non-hydrogen) atoms. The van der Waals surface area contributed by atoms with Gasteiger partial charge in [-0.25, -0.2) is 4.98 Å². The molecule has 1 aliphatic rings. The third-order valence-corrected chi connectivity index (χ3v) is 4.83. The highest BCUT2D eigenvalue weighted by Gasteiger charge is 2.22. The van der Waals surface area contributed by atoms with Gasteiger partial charge in [0.1, 0.15) is 18.3 Å². The molecule has 1 atom stereocenters. The first-order valence-corrected chi connectivity index (χ1v) is 9.05. The normalized spacial score (nSPS) is 16.6. The van der Waals surface area contributed by atoms with Crippen molar-refractivity contribution >= 4 is 5.91 Å². The van der Waals surface area contributed by atoms with Crippen molar-refractivity contribution in [1.82, 2.24) is 30.0 Å². The summed E-state index contributed by atoms with van der Waals surface area (Å²) in [6.07, 6.45) is 5.93. The molecule has 0 spiro atoms. The molecule has 0 fully saturated rings. The average molecular weight is 366 g/mol. The van der Waals surface area contributed by atoms with Crippen LogP contribution in [0.5, 0.6) is 0 Å². The molecular formula is C19H22N6O2. The van der Waals surface area contributed by atoms with Crippen molar-refractivity contribution in [3.05, 3.63) is 53.9 Å². The molecule has 0 saturated carbocycles. The fraction of sp³-hybridized carbons (Fsp3) is 0.368. The summed E-state index contributed by atoms with van der Waals surface area (Å²) in [7, 11) is 1.65. The van der Waals surface area contributed by atoms with Gasteiger partial charge in [0.25, 0.3) is 5.91 Å². The van der Waals surface area contributed by atoms with E-state index in [-0.39, 0.29) is 11.9 Å². The summed E-state index contributed by atoms with van der Waals surface area (Å²) >= 11 is 0. The van der Waals surface area contributed by atoms with Crippen LogP contribution in [0, 0.1) is 0 Å². The monoisotopic (exact) mass is 366 g/mol. The van der Waals surface area contributed by atoms with Gasteiger partial charge in [0.2, 0.25) is 0 Å². The highest BCUT2D eigenvalue weighted by Crippen LogP contribution is 2.18. The van der Waals surface area contributed by atoms with Crippen molar-refractivity contribution in [3.8, 4) is 11.4 Å². The van der Waals surface area contributed by atoms with Crippen molar-refractivity contribution < 1.29 is 9.53 Å². The Balaban J connectivity index is 1.43. The van der Waals surface area contributed by atoms with Gasteiger partial charge in [-0.2, -0.15) is 0 Å². The number of rotatable bonds is 5. The molecule has 0 bridgehead atoms. The Morgan fingerprint density at radius 2 is 2.30 bits per heavy atom. The smallest absolute Gasteiger partial charge is 0.251 e. The van der Waals surface area contributed by atoms with E-state index in [9.17, 15) is 4.79 Å². The zero-order valence-electron chi connectivity index (χ0n) is 15.2. The van der Waals surface area contributed by atoms with Crippen LogP contribution >= 0.6 is 0 Å². The van der Waals surface area contributed by atoms with Crippen LogP contribution in [0.2, 0.25) is 0 Å². The molecule has 0 aliphatic carbocycles. The van der Waals surface area contributed by atoms with E-state index in [1.165, 1.54) is 0 Å². The first-order chi connectivity index (χ1) is 13.2. The van der Waals surface area contributed by atoms with E-state index in [0.29, 0.717) is 12.2 Å². The van der Waals surface area contributed by atoms with Gasteiger partial charge in [0.05, 0.1) is 0 Å². The zero-order valence-corrected chi connectivity index (χ0v) is 15.2. The highest BCUT2D eigenvalue weighted by molar-refractivity contribution is 5.95. The third-order valence-electron chi connectivity index (χ3n) is 4.83. The minimum atomic E-state index is -0.0665. The highest BCUT2D eigenvalue weighted by atomic mass is 16.5. The van der Waals surface area contributed by atoms with Gasteiger partial charge >= 0.3 is 0 Å². The molecule has 3 heterocycles. The van der Waals surface area contributed by atoms with E-state index >= 15 is 0 Å². The molecule has 0 saturated heterocycles. The number of aromatic amines is 1. The molecule has 1 aliphatic heterocycles. The maximum Gasteiger partial charge on any atom is 0.251 e. The van der Waals surface area contributed by atoms with Gasteiger partial charge in [-0.15, -0.1) is 10.2 Å². The van der Waals surface area contributed by atoms with Crippen LogP contribution in [0.25, 0.3) is 11.4 Å².